The summed E-state index contributed by atoms with van der Waals surface area (Å²) in [7, 11) is -0.644. The lowest BCUT2D eigenvalue weighted by Crippen LogP contribution is -2.25. The molecule has 1 heterocycles. The van der Waals surface area contributed by atoms with Gasteiger partial charge in [-0.05, 0) is 24.5 Å². The molecule has 0 radical (unpaired) electrons. The van der Waals surface area contributed by atoms with Gasteiger partial charge in [-0.15, -0.1) is 0 Å². The highest BCUT2D eigenvalue weighted by molar-refractivity contribution is 6.45. The second kappa shape index (κ2) is 9.72. The predicted octanol–water partition coefficient (Wildman–Crippen LogP) is 3.20. The second-order valence-corrected chi connectivity index (χ2v) is 4.61. The lowest BCUT2D eigenvalue weighted by molar-refractivity contribution is 0.559. The Labute approximate surface area is 127 Å². The van der Waals surface area contributed by atoms with E-state index in [1.54, 1.807) is 19.2 Å². The van der Waals surface area contributed by atoms with Crippen LogP contribution in [0.4, 0.5) is 0 Å². The summed E-state index contributed by atoms with van der Waals surface area (Å²) in [5.74, 6) is 0. The number of hydrogen-bond donors (Lipinski definition) is 2. The number of pyridine rings is 1. The number of nitrogens with one attached hydrogen (secondary N) is 1. The van der Waals surface area contributed by atoms with Crippen molar-refractivity contribution in [2.24, 2.45) is 5.10 Å². The molecule has 0 atom stereocenters. The number of hydrogen-bond acceptors (Lipinski definition) is 4. The Bertz CT molecular complexity index is 527. The zero-order valence-corrected chi connectivity index (χ0v) is 12.8. The molecule has 0 aliphatic carbocycles. The molecule has 2 aromatic rings. The van der Waals surface area contributed by atoms with E-state index in [1.807, 2.05) is 42.5 Å². The van der Waals surface area contributed by atoms with Crippen LogP contribution < -0.4 is 5.34 Å². The topological polar surface area (TPSA) is 57.5 Å². The van der Waals surface area contributed by atoms with Crippen molar-refractivity contribution < 1.29 is 5.02 Å². The molecule has 0 aliphatic rings. The van der Waals surface area contributed by atoms with Crippen LogP contribution in [0, 0.1) is 0 Å². The maximum Gasteiger partial charge on any atom is 0.423 e. The van der Waals surface area contributed by atoms with Crippen LogP contribution in [-0.2, 0) is 0 Å². The Morgan fingerprint density at radius 2 is 1.86 bits per heavy atom. The number of rotatable bonds is 4. The standard InChI is InChI=1S/C13H14BN3O.C3H8/c1-14(18)17-16-10-11-5-7-12(8-6-11)13-4-2-3-9-15-13;1-3-2/h2-10,17-18H,1H3;3H2,1-2H3/b16-10+;. The van der Waals surface area contributed by atoms with Crippen molar-refractivity contribution in [1.82, 2.24) is 10.3 Å². The molecule has 1 aromatic heterocycles. The lowest BCUT2D eigenvalue weighted by atomic mass is 9.91. The van der Waals surface area contributed by atoms with Crippen molar-refractivity contribution >= 4 is 13.3 Å². The minimum absolute atomic E-state index is 0.644. The Morgan fingerprint density at radius 1 is 1.19 bits per heavy atom. The molecule has 1 aromatic carbocycles. The first-order valence-corrected chi connectivity index (χ1v) is 7.15. The van der Waals surface area contributed by atoms with Gasteiger partial charge in [0.15, 0.2) is 0 Å². The molecule has 0 saturated heterocycles. The molecule has 0 unspecified atom stereocenters. The second-order valence-electron chi connectivity index (χ2n) is 4.61. The van der Waals surface area contributed by atoms with Gasteiger partial charge in [0.25, 0.3) is 0 Å². The van der Waals surface area contributed by atoms with Crippen molar-refractivity contribution in [3.8, 4) is 11.3 Å². The first kappa shape index (κ1) is 16.9. The van der Waals surface area contributed by atoms with Crippen LogP contribution in [-0.4, -0.2) is 23.3 Å². The maximum absolute atomic E-state index is 8.99. The Morgan fingerprint density at radius 3 is 2.38 bits per heavy atom. The minimum atomic E-state index is -0.644. The smallest absolute Gasteiger partial charge is 0.423 e. The summed E-state index contributed by atoms with van der Waals surface area (Å²) < 4.78 is 0. The van der Waals surface area contributed by atoms with Crippen LogP contribution in [0.1, 0.15) is 25.8 Å². The molecular formula is C16H22BN3O. The average Bonchev–Trinajstić information content (AvgIpc) is 2.49. The Hall–Kier alpha value is -2.14. The molecule has 0 spiro atoms. The zero-order chi connectivity index (χ0) is 15.5. The SMILES string of the molecule is CB(O)N/N=C/c1ccc(-c2ccccn2)cc1.CCC. The zero-order valence-electron chi connectivity index (χ0n) is 12.8. The van der Waals surface area contributed by atoms with Gasteiger partial charge in [-0.1, -0.05) is 50.6 Å². The molecule has 4 nitrogen and oxygen atoms in total. The third kappa shape index (κ3) is 6.72. The lowest BCUT2D eigenvalue weighted by Gasteiger charge is -2.01. The van der Waals surface area contributed by atoms with E-state index in [2.05, 4.69) is 29.3 Å². The van der Waals surface area contributed by atoms with Crippen molar-refractivity contribution in [2.45, 2.75) is 27.1 Å². The largest absolute Gasteiger partial charge is 0.432 e. The maximum atomic E-state index is 8.99. The predicted molar refractivity (Wildman–Crippen MR) is 90.2 cm³/mol. The van der Waals surface area contributed by atoms with Crippen LogP contribution in [0.3, 0.4) is 0 Å². The van der Waals surface area contributed by atoms with Gasteiger partial charge in [-0.3, -0.25) is 4.98 Å². The van der Waals surface area contributed by atoms with Crippen LogP contribution in [0.2, 0.25) is 6.82 Å². The van der Waals surface area contributed by atoms with Gasteiger partial charge in [-0.2, -0.15) is 5.10 Å². The highest BCUT2D eigenvalue weighted by Gasteiger charge is 1.98. The summed E-state index contributed by atoms with van der Waals surface area (Å²) in [5, 5.41) is 15.4. The van der Waals surface area contributed by atoms with Gasteiger partial charge in [0.2, 0.25) is 0 Å². The molecule has 21 heavy (non-hydrogen) atoms. The van der Waals surface area contributed by atoms with Gasteiger partial charge in [0, 0.05) is 11.8 Å². The first-order valence-electron chi connectivity index (χ1n) is 7.15. The third-order valence-corrected chi connectivity index (χ3v) is 2.35. The fourth-order valence-corrected chi connectivity index (χ4v) is 1.49. The fraction of sp³-hybridized carbons (Fsp3) is 0.250. The monoisotopic (exact) mass is 283 g/mol. The van der Waals surface area contributed by atoms with Crippen molar-refractivity contribution in [2.75, 3.05) is 0 Å². The van der Waals surface area contributed by atoms with Gasteiger partial charge in [0.1, 0.15) is 0 Å². The summed E-state index contributed by atoms with van der Waals surface area (Å²) in [6, 6.07) is 13.7. The molecule has 0 saturated carbocycles. The van der Waals surface area contributed by atoms with Crippen LogP contribution >= 0.6 is 0 Å². The summed E-state index contributed by atoms with van der Waals surface area (Å²) in [6.07, 6.45) is 4.69. The fourth-order valence-electron chi connectivity index (χ4n) is 1.49. The molecule has 0 amide bonds. The molecule has 2 rings (SSSR count). The normalized spacial score (nSPS) is 9.90. The molecule has 110 valence electrons. The highest BCUT2D eigenvalue weighted by atomic mass is 16.2. The molecule has 2 N–H and O–H groups in total. The van der Waals surface area contributed by atoms with Gasteiger partial charge in [0.05, 0.1) is 11.9 Å². The summed E-state index contributed by atoms with van der Waals surface area (Å²) in [4.78, 5) is 4.28. The van der Waals surface area contributed by atoms with E-state index in [-0.39, 0.29) is 0 Å². The van der Waals surface area contributed by atoms with E-state index in [1.165, 1.54) is 6.42 Å². The number of hydrazone groups is 1. The number of aromatic nitrogens is 1. The quantitative estimate of drug-likeness (QED) is 0.514. The van der Waals surface area contributed by atoms with Gasteiger partial charge < -0.3 is 10.4 Å². The molecule has 0 fully saturated rings. The van der Waals surface area contributed by atoms with E-state index < -0.39 is 7.05 Å². The minimum Gasteiger partial charge on any atom is -0.432 e. The molecule has 5 heteroatoms. The van der Waals surface area contributed by atoms with Crippen LogP contribution in [0.15, 0.2) is 53.8 Å². The van der Waals surface area contributed by atoms with Gasteiger partial charge >= 0.3 is 7.05 Å². The summed E-state index contributed by atoms with van der Waals surface area (Å²) in [5.41, 5.74) is 2.97. The van der Waals surface area contributed by atoms with E-state index in [4.69, 9.17) is 5.02 Å². The van der Waals surface area contributed by atoms with Crippen molar-refractivity contribution in [1.29, 1.82) is 0 Å². The van der Waals surface area contributed by atoms with E-state index >= 15 is 0 Å². The van der Waals surface area contributed by atoms with E-state index in [9.17, 15) is 0 Å². The Kier molecular flexibility index (Phi) is 7.83. The van der Waals surface area contributed by atoms with E-state index in [0.717, 1.165) is 16.8 Å². The first-order chi connectivity index (χ1) is 10.2. The van der Waals surface area contributed by atoms with Crippen molar-refractivity contribution in [3.63, 3.8) is 0 Å². The van der Waals surface area contributed by atoms with Gasteiger partial charge in [-0.25, -0.2) is 0 Å². The van der Waals surface area contributed by atoms with Crippen LogP contribution in [0.25, 0.3) is 11.3 Å². The number of benzene rings is 1. The molecule has 0 aliphatic heterocycles. The van der Waals surface area contributed by atoms with Crippen molar-refractivity contribution in [3.05, 3.63) is 54.2 Å². The number of nitrogens with zero attached hydrogens (tertiary/aromatic N) is 2. The Balaban J connectivity index is 0.000000677. The average molecular weight is 283 g/mol. The van der Waals surface area contributed by atoms with Crippen LogP contribution in [0.5, 0.6) is 0 Å². The highest BCUT2D eigenvalue weighted by Crippen LogP contribution is 2.16. The van der Waals surface area contributed by atoms with E-state index in [0.29, 0.717) is 0 Å². The molecular weight excluding hydrogens is 261 g/mol. The molecule has 0 bridgehead atoms. The summed E-state index contributed by atoms with van der Waals surface area (Å²) in [6.45, 7) is 5.86. The third-order valence-electron chi connectivity index (χ3n) is 2.35. The summed E-state index contributed by atoms with van der Waals surface area (Å²) >= 11 is 0.